The maximum absolute atomic E-state index is 12.0. The smallest absolute Gasteiger partial charge is 0.317 e. The van der Waals surface area contributed by atoms with Gasteiger partial charge in [0.15, 0.2) is 0 Å². The molecule has 0 spiro atoms. The predicted octanol–water partition coefficient (Wildman–Crippen LogP) is 2.75. The lowest BCUT2D eigenvalue weighted by molar-refractivity contribution is 0.00388. The molecule has 1 aliphatic rings. The lowest BCUT2D eigenvalue weighted by Gasteiger charge is -2.27. The van der Waals surface area contributed by atoms with Crippen LogP contribution < -0.4 is 5.32 Å². The molecule has 0 saturated carbocycles. The minimum absolute atomic E-state index is 0.0173. The zero-order valence-corrected chi connectivity index (χ0v) is 13.1. The van der Waals surface area contributed by atoms with Gasteiger partial charge in [0.2, 0.25) is 0 Å². The molecular weight excluding hydrogens is 264 g/mol. The summed E-state index contributed by atoms with van der Waals surface area (Å²) in [4.78, 5) is 13.7. The van der Waals surface area contributed by atoms with Crippen LogP contribution in [0.3, 0.4) is 0 Å². The number of rotatable bonds is 5. The topological polar surface area (TPSA) is 41.6 Å². The molecule has 1 aliphatic heterocycles. The number of benzene rings is 1. The van der Waals surface area contributed by atoms with Crippen molar-refractivity contribution < 1.29 is 9.53 Å². The van der Waals surface area contributed by atoms with E-state index in [1.807, 2.05) is 7.05 Å². The van der Waals surface area contributed by atoms with Gasteiger partial charge in [0.25, 0.3) is 0 Å². The van der Waals surface area contributed by atoms with Crippen molar-refractivity contribution in [2.75, 3.05) is 26.7 Å². The number of urea groups is 1. The number of amides is 2. The van der Waals surface area contributed by atoms with Gasteiger partial charge in [-0.15, -0.1) is 0 Å². The monoisotopic (exact) mass is 290 g/mol. The quantitative estimate of drug-likeness (QED) is 0.906. The van der Waals surface area contributed by atoms with E-state index in [1.54, 1.807) is 4.90 Å². The Morgan fingerprint density at radius 2 is 2.10 bits per heavy atom. The van der Waals surface area contributed by atoms with Crippen molar-refractivity contribution in [3.05, 3.63) is 35.4 Å². The number of carbonyl (C=O) groups excluding carboxylic acids is 1. The van der Waals surface area contributed by atoms with E-state index in [2.05, 4.69) is 36.5 Å². The van der Waals surface area contributed by atoms with Crippen molar-refractivity contribution in [1.82, 2.24) is 10.2 Å². The minimum Gasteiger partial charge on any atom is -0.376 e. The van der Waals surface area contributed by atoms with Crippen LogP contribution in [-0.2, 0) is 11.2 Å². The summed E-state index contributed by atoms with van der Waals surface area (Å²) in [6, 6.07) is 8.41. The van der Waals surface area contributed by atoms with Crippen LogP contribution in [0.5, 0.6) is 0 Å². The maximum Gasteiger partial charge on any atom is 0.317 e. The van der Waals surface area contributed by atoms with Crippen LogP contribution in [0, 0.1) is 6.92 Å². The molecule has 0 aliphatic carbocycles. The SMILES string of the molecule is Cc1ccc(CCNC(=O)N(C)C[C@@H]2CCCCO2)cc1. The lowest BCUT2D eigenvalue weighted by atomic mass is 10.1. The minimum atomic E-state index is -0.0173. The van der Waals surface area contributed by atoms with Crippen molar-refractivity contribution in [3.8, 4) is 0 Å². The molecule has 1 heterocycles. The molecule has 116 valence electrons. The van der Waals surface area contributed by atoms with Crippen LogP contribution in [0.25, 0.3) is 0 Å². The van der Waals surface area contributed by atoms with Crippen molar-refractivity contribution >= 4 is 6.03 Å². The number of hydrogen-bond donors (Lipinski definition) is 1. The Hall–Kier alpha value is -1.55. The van der Waals surface area contributed by atoms with Gasteiger partial charge in [0, 0.05) is 26.7 Å². The molecule has 2 amide bonds. The highest BCUT2D eigenvalue weighted by Gasteiger charge is 2.18. The molecule has 0 bridgehead atoms. The molecule has 4 heteroatoms. The summed E-state index contributed by atoms with van der Waals surface area (Å²) in [6.07, 6.45) is 4.46. The summed E-state index contributed by atoms with van der Waals surface area (Å²) >= 11 is 0. The van der Waals surface area contributed by atoms with E-state index >= 15 is 0 Å². The number of carbonyl (C=O) groups is 1. The Morgan fingerprint density at radius 1 is 1.33 bits per heavy atom. The summed E-state index contributed by atoms with van der Waals surface area (Å²) in [5.74, 6) is 0. The van der Waals surface area contributed by atoms with E-state index in [1.165, 1.54) is 17.5 Å². The second-order valence-corrected chi connectivity index (χ2v) is 5.84. The normalized spacial score (nSPS) is 18.3. The number of aryl methyl sites for hydroxylation is 1. The van der Waals surface area contributed by atoms with Gasteiger partial charge in [-0.05, 0) is 38.2 Å². The average molecular weight is 290 g/mol. The Balaban J connectivity index is 1.67. The molecule has 1 aromatic rings. The van der Waals surface area contributed by atoms with Crippen LogP contribution in [0.15, 0.2) is 24.3 Å². The van der Waals surface area contributed by atoms with Gasteiger partial charge in [-0.25, -0.2) is 4.79 Å². The third kappa shape index (κ3) is 5.38. The molecule has 0 unspecified atom stereocenters. The van der Waals surface area contributed by atoms with Gasteiger partial charge in [-0.2, -0.15) is 0 Å². The summed E-state index contributed by atoms with van der Waals surface area (Å²) in [6.45, 7) is 4.25. The fourth-order valence-electron chi connectivity index (χ4n) is 2.54. The van der Waals surface area contributed by atoms with E-state index in [4.69, 9.17) is 4.74 Å². The van der Waals surface area contributed by atoms with Crippen molar-refractivity contribution in [1.29, 1.82) is 0 Å². The van der Waals surface area contributed by atoms with Crippen LogP contribution in [0.4, 0.5) is 4.79 Å². The third-order valence-corrected chi connectivity index (χ3v) is 3.91. The second kappa shape index (κ2) is 8.03. The lowest BCUT2D eigenvalue weighted by Crippen LogP contribution is -2.43. The fourth-order valence-corrected chi connectivity index (χ4v) is 2.54. The molecule has 2 rings (SSSR count). The summed E-state index contributed by atoms with van der Waals surface area (Å²) in [7, 11) is 1.83. The molecule has 1 N–H and O–H groups in total. The number of nitrogens with one attached hydrogen (secondary N) is 1. The Labute approximate surface area is 127 Å². The van der Waals surface area contributed by atoms with Gasteiger partial charge in [0.1, 0.15) is 0 Å². The number of likely N-dealkylation sites (N-methyl/N-ethyl adjacent to an activating group) is 1. The van der Waals surface area contributed by atoms with Gasteiger partial charge in [-0.3, -0.25) is 0 Å². The molecule has 4 nitrogen and oxygen atoms in total. The van der Waals surface area contributed by atoms with Gasteiger partial charge >= 0.3 is 6.03 Å². The van der Waals surface area contributed by atoms with E-state index in [-0.39, 0.29) is 12.1 Å². The van der Waals surface area contributed by atoms with Gasteiger partial charge in [-0.1, -0.05) is 29.8 Å². The molecule has 0 aromatic heterocycles. The molecule has 1 aromatic carbocycles. The van der Waals surface area contributed by atoms with Crippen LogP contribution in [0.1, 0.15) is 30.4 Å². The zero-order chi connectivity index (χ0) is 15.1. The number of ether oxygens (including phenoxy) is 1. The molecule has 1 saturated heterocycles. The Kier molecular flexibility index (Phi) is 6.05. The molecule has 1 atom stereocenters. The second-order valence-electron chi connectivity index (χ2n) is 5.84. The van der Waals surface area contributed by atoms with E-state index in [9.17, 15) is 4.79 Å². The van der Waals surface area contributed by atoms with Crippen molar-refractivity contribution in [2.24, 2.45) is 0 Å². The van der Waals surface area contributed by atoms with Crippen molar-refractivity contribution in [2.45, 2.75) is 38.7 Å². The summed E-state index contributed by atoms with van der Waals surface area (Å²) in [5.41, 5.74) is 2.51. The molecule has 1 fully saturated rings. The third-order valence-electron chi connectivity index (χ3n) is 3.91. The van der Waals surface area contributed by atoms with E-state index in [0.29, 0.717) is 13.1 Å². The molecular formula is C17H26N2O2. The largest absolute Gasteiger partial charge is 0.376 e. The molecule has 21 heavy (non-hydrogen) atoms. The van der Waals surface area contributed by atoms with Gasteiger partial charge in [0.05, 0.1) is 6.10 Å². The highest BCUT2D eigenvalue weighted by atomic mass is 16.5. The first-order valence-electron chi connectivity index (χ1n) is 7.81. The maximum atomic E-state index is 12.0. The average Bonchev–Trinajstić information content (AvgIpc) is 2.50. The first-order chi connectivity index (χ1) is 10.1. The van der Waals surface area contributed by atoms with Crippen LogP contribution in [0.2, 0.25) is 0 Å². The van der Waals surface area contributed by atoms with Gasteiger partial charge < -0.3 is 15.0 Å². The van der Waals surface area contributed by atoms with Crippen LogP contribution in [-0.4, -0.2) is 43.8 Å². The highest BCUT2D eigenvalue weighted by molar-refractivity contribution is 5.73. The standard InChI is InChI=1S/C17H26N2O2/c1-14-6-8-15(9-7-14)10-11-18-17(20)19(2)13-16-5-3-4-12-21-16/h6-9,16H,3-5,10-13H2,1-2H3,(H,18,20)/t16-/m0/s1. The van der Waals surface area contributed by atoms with Crippen molar-refractivity contribution in [3.63, 3.8) is 0 Å². The fraction of sp³-hybridized carbons (Fsp3) is 0.588. The summed E-state index contributed by atoms with van der Waals surface area (Å²) in [5, 5.41) is 2.97. The first-order valence-corrected chi connectivity index (χ1v) is 7.81. The van der Waals surface area contributed by atoms with E-state index in [0.717, 1.165) is 25.9 Å². The van der Waals surface area contributed by atoms with Crippen LogP contribution >= 0.6 is 0 Å². The predicted molar refractivity (Wildman–Crippen MR) is 84.5 cm³/mol. The number of hydrogen-bond acceptors (Lipinski definition) is 2. The van der Waals surface area contributed by atoms with E-state index < -0.39 is 0 Å². The first kappa shape index (κ1) is 15.8. The molecule has 0 radical (unpaired) electrons. The summed E-state index contributed by atoms with van der Waals surface area (Å²) < 4.78 is 5.66. The Bertz CT molecular complexity index is 439. The Morgan fingerprint density at radius 3 is 2.76 bits per heavy atom. The zero-order valence-electron chi connectivity index (χ0n) is 13.1. The number of nitrogens with zero attached hydrogens (tertiary/aromatic N) is 1. The highest BCUT2D eigenvalue weighted by Crippen LogP contribution is 2.13.